The van der Waals surface area contributed by atoms with Gasteiger partial charge in [-0.25, -0.2) is 0 Å². The van der Waals surface area contributed by atoms with Crippen molar-refractivity contribution in [3.63, 3.8) is 0 Å². The van der Waals surface area contributed by atoms with Crippen molar-refractivity contribution < 1.29 is 5.11 Å². The van der Waals surface area contributed by atoms with Gasteiger partial charge < -0.3 is 10.8 Å². The molecule has 17 heavy (non-hydrogen) atoms. The molecule has 1 saturated heterocycles. The molecule has 3 nitrogen and oxygen atoms in total. The van der Waals surface area contributed by atoms with Crippen molar-refractivity contribution in [1.29, 1.82) is 0 Å². The lowest BCUT2D eigenvalue weighted by atomic mass is 9.96. The third-order valence-corrected chi connectivity index (χ3v) is 4.13. The van der Waals surface area contributed by atoms with E-state index in [4.69, 9.17) is 5.73 Å². The maximum absolute atomic E-state index is 9.68. The molecule has 1 heterocycles. The molecule has 3 N–H and O–H groups in total. The summed E-state index contributed by atoms with van der Waals surface area (Å²) in [5, 5.41) is 9.68. The monoisotopic (exact) mass is 242 g/mol. The van der Waals surface area contributed by atoms with E-state index in [-0.39, 0.29) is 18.7 Å². The molecule has 1 rings (SSSR count). The molecule has 4 unspecified atom stereocenters. The van der Waals surface area contributed by atoms with Gasteiger partial charge in [0.05, 0.1) is 6.61 Å². The van der Waals surface area contributed by atoms with E-state index in [1.54, 1.807) is 0 Å². The van der Waals surface area contributed by atoms with Gasteiger partial charge in [-0.15, -0.1) is 0 Å². The highest BCUT2D eigenvalue weighted by molar-refractivity contribution is 4.93. The van der Waals surface area contributed by atoms with E-state index in [0.29, 0.717) is 18.0 Å². The van der Waals surface area contributed by atoms with Crippen LogP contribution in [0.4, 0.5) is 0 Å². The molecule has 1 aliphatic rings. The first-order chi connectivity index (χ1) is 8.01. The van der Waals surface area contributed by atoms with Gasteiger partial charge in [0, 0.05) is 24.2 Å². The Bertz CT molecular complexity index is 220. The van der Waals surface area contributed by atoms with Crippen LogP contribution in [0.25, 0.3) is 0 Å². The van der Waals surface area contributed by atoms with Crippen molar-refractivity contribution in [2.45, 2.75) is 77.5 Å². The van der Waals surface area contributed by atoms with E-state index in [0.717, 1.165) is 12.8 Å². The second kappa shape index (κ2) is 6.72. The van der Waals surface area contributed by atoms with Crippen LogP contribution in [0.15, 0.2) is 0 Å². The molecule has 0 aromatic heterocycles. The van der Waals surface area contributed by atoms with E-state index in [1.165, 1.54) is 12.8 Å². The first kappa shape index (κ1) is 14.9. The van der Waals surface area contributed by atoms with E-state index in [1.807, 2.05) is 0 Å². The fraction of sp³-hybridized carbons (Fsp3) is 1.00. The van der Waals surface area contributed by atoms with Crippen LogP contribution in [0.2, 0.25) is 0 Å². The van der Waals surface area contributed by atoms with Crippen molar-refractivity contribution in [1.82, 2.24) is 4.90 Å². The zero-order valence-corrected chi connectivity index (χ0v) is 11.9. The van der Waals surface area contributed by atoms with Crippen LogP contribution in [-0.4, -0.2) is 40.8 Å². The lowest BCUT2D eigenvalue weighted by Gasteiger charge is -2.38. The SMILES string of the molecule is CCC1CCC(C)N1C(CO)C(N)CC(C)C. The fourth-order valence-electron chi connectivity index (χ4n) is 3.26. The van der Waals surface area contributed by atoms with Crippen LogP contribution in [0.3, 0.4) is 0 Å². The molecule has 0 aliphatic carbocycles. The largest absolute Gasteiger partial charge is 0.395 e. The third kappa shape index (κ3) is 3.67. The average Bonchev–Trinajstić information content (AvgIpc) is 2.61. The number of aliphatic hydroxyl groups is 1. The molecule has 0 aromatic rings. The molecule has 102 valence electrons. The second-order valence-electron chi connectivity index (χ2n) is 5.98. The molecule has 0 bridgehead atoms. The summed E-state index contributed by atoms with van der Waals surface area (Å²) in [6, 6.07) is 1.41. The van der Waals surface area contributed by atoms with E-state index < -0.39 is 0 Å². The predicted molar refractivity (Wildman–Crippen MR) is 72.9 cm³/mol. The number of likely N-dealkylation sites (tertiary alicyclic amines) is 1. The number of nitrogens with zero attached hydrogens (tertiary/aromatic N) is 1. The minimum atomic E-state index is 0.0922. The molecule has 1 fully saturated rings. The Morgan fingerprint density at radius 1 is 1.35 bits per heavy atom. The van der Waals surface area contributed by atoms with Crippen LogP contribution in [0.5, 0.6) is 0 Å². The van der Waals surface area contributed by atoms with Gasteiger partial charge in [0.1, 0.15) is 0 Å². The van der Waals surface area contributed by atoms with Crippen LogP contribution in [0.1, 0.15) is 53.4 Å². The van der Waals surface area contributed by atoms with Gasteiger partial charge in [-0.1, -0.05) is 20.8 Å². The standard InChI is InChI=1S/C14H30N2O/c1-5-12-7-6-11(4)16(12)14(9-17)13(15)8-10(2)3/h10-14,17H,5-9,15H2,1-4H3. The Morgan fingerprint density at radius 3 is 2.47 bits per heavy atom. The molecular weight excluding hydrogens is 212 g/mol. The van der Waals surface area contributed by atoms with Crippen molar-refractivity contribution >= 4 is 0 Å². The molecule has 0 aromatic carbocycles. The highest BCUT2D eigenvalue weighted by Gasteiger charge is 2.37. The van der Waals surface area contributed by atoms with Crippen LogP contribution in [0, 0.1) is 5.92 Å². The number of nitrogens with two attached hydrogens (primary N) is 1. The summed E-state index contributed by atoms with van der Waals surface area (Å²) in [4.78, 5) is 2.48. The van der Waals surface area contributed by atoms with Crippen molar-refractivity contribution in [2.24, 2.45) is 11.7 Å². The quantitative estimate of drug-likeness (QED) is 0.749. The van der Waals surface area contributed by atoms with Crippen molar-refractivity contribution in [2.75, 3.05) is 6.61 Å². The van der Waals surface area contributed by atoms with Gasteiger partial charge in [0.25, 0.3) is 0 Å². The number of rotatable bonds is 6. The van der Waals surface area contributed by atoms with E-state index in [9.17, 15) is 5.11 Å². The van der Waals surface area contributed by atoms with Crippen LogP contribution in [-0.2, 0) is 0 Å². The molecule has 0 amide bonds. The predicted octanol–water partition coefficient (Wildman–Crippen LogP) is 1.98. The second-order valence-corrected chi connectivity index (χ2v) is 5.98. The van der Waals surface area contributed by atoms with E-state index >= 15 is 0 Å². The van der Waals surface area contributed by atoms with E-state index in [2.05, 4.69) is 32.6 Å². The zero-order chi connectivity index (χ0) is 13.0. The molecule has 0 saturated carbocycles. The highest BCUT2D eigenvalue weighted by atomic mass is 16.3. The molecule has 0 spiro atoms. The van der Waals surface area contributed by atoms with Gasteiger partial charge in [0.15, 0.2) is 0 Å². The fourth-order valence-corrected chi connectivity index (χ4v) is 3.26. The minimum absolute atomic E-state index is 0.0922. The first-order valence-corrected chi connectivity index (χ1v) is 7.15. The number of hydrogen-bond donors (Lipinski definition) is 2. The van der Waals surface area contributed by atoms with Gasteiger partial charge >= 0.3 is 0 Å². The third-order valence-electron chi connectivity index (χ3n) is 4.13. The maximum Gasteiger partial charge on any atom is 0.0602 e. The molecule has 0 radical (unpaired) electrons. The maximum atomic E-state index is 9.68. The first-order valence-electron chi connectivity index (χ1n) is 7.15. The minimum Gasteiger partial charge on any atom is -0.395 e. The summed E-state index contributed by atoms with van der Waals surface area (Å²) >= 11 is 0. The van der Waals surface area contributed by atoms with Gasteiger partial charge in [-0.2, -0.15) is 0 Å². The Kier molecular flexibility index (Phi) is 5.90. The summed E-state index contributed by atoms with van der Waals surface area (Å²) in [5.41, 5.74) is 6.29. The lowest BCUT2D eigenvalue weighted by molar-refractivity contribution is 0.0609. The smallest absolute Gasteiger partial charge is 0.0602 e. The molecule has 1 aliphatic heterocycles. The summed E-state index contributed by atoms with van der Waals surface area (Å²) in [6.45, 7) is 9.07. The Labute approximate surface area is 106 Å². The summed E-state index contributed by atoms with van der Waals surface area (Å²) < 4.78 is 0. The Morgan fingerprint density at radius 2 is 2.00 bits per heavy atom. The van der Waals surface area contributed by atoms with Gasteiger partial charge in [-0.05, 0) is 38.5 Å². The normalized spacial score (nSPS) is 29.8. The van der Waals surface area contributed by atoms with Crippen molar-refractivity contribution in [3.05, 3.63) is 0 Å². The van der Waals surface area contributed by atoms with Gasteiger partial charge in [-0.3, -0.25) is 4.90 Å². The lowest BCUT2D eigenvalue weighted by Crippen LogP contribution is -2.54. The Hall–Kier alpha value is -0.120. The van der Waals surface area contributed by atoms with Crippen molar-refractivity contribution in [3.8, 4) is 0 Å². The zero-order valence-electron chi connectivity index (χ0n) is 11.9. The molecular formula is C14H30N2O. The summed E-state index contributed by atoms with van der Waals surface area (Å²) in [7, 11) is 0. The summed E-state index contributed by atoms with van der Waals surface area (Å²) in [6.07, 6.45) is 4.64. The number of hydrogen-bond acceptors (Lipinski definition) is 3. The van der Waals surface area contributed by atoms with Crippen LogP contribution < -0.4 is 5.73 Å². The average molecular weight is 242 g/mol. The van der Waals surface area contributed by atoms with Gasteiger partial charge in [0.2, 0.25) is 0 Å². The molecule has 4 atom stereocenters. The Balaban J connectivity index is 2.70. The molecule has 3 heteroatoms. The summed E-state index contributed by atoms with van der Waals surface area (Å²) in [5.74, 6) is 0.594. The highest BCUT2D eigenvalue weighted by Crippen LogP contribution is 2.29. The topological polar surface area (TPSA) is 49.5 Å². The van der Waals surface area contributed by atoms with Crippen LogP contribution >= 0.6 is 0 Å². The number of aliphatic hydroxyl groups excluding tert-OH is 1.